The summed E-state index contributed by atoms with van der Waals surface area (Å²) in [6.45, 7) is 2.51. The molecular formula is C12H19N3O3. The first kappa shape index (κ1) is 14.6. The van der Waals surface area contributed by atoms with Crippen molar-refractivity contribution < 1.29 is 14.2 Å². The number of pyridine rings is 1. The van der Waals surface area contributed by atoms with E-state index >= 15 is 0 Å². The molecule has 0 aliphatic heterocycles. The number of nitrogens with one attached hydrogen (secondary N) is 1. The first-order valence-electron chi connectivity index (χ1n) is 5.68. The van der Waals surface area contributed by atoms with Crippen molar-refractivity contribution in [3.8, 4) is 0 Å². The molecule has 18 heavy (non-hydrogen) atoms. The molecule has 6 nitrogen and oxygen atoms in total. The molecule has 0 fully saturated rings. The Morgan fingerprint density at radius 3 is 2.72 bits per heavy atom. The number of nitrogens with two attached hydrogens (primary N) is 1. The number of nitrogens with zero attached hydrogens (tertiary/aromatic N) is 1. The minimum Gasteiger partial charge on any atom is -0.382 e. The molecule has 1 heterocycles. The molecular weight excluding hydrogens is 234 g/mol. The fourth-order valence-corrected chi connectivity index (χ4v) is 1.34. The second-order valence-electron chi connectivity index (χ2n) is 3.58. The molecule has 1 aromatic heterocycles. The van der Waals surface area contributed by atoms with E-state index in [0.29, 0.717) is 38.7 Å². The maximum atomic E-state index is 7.39. The Labute approximate surface area is 107 Å². The van der Waals surface area contributed by atoms with Gasteiger partial charge in [-0.3, -0.25) is 10.4 Å². The highest BCUT2D eigenvalue weighted by Crippen LogP contribution is 2.06. The van der Waals surface area contributed by atoms with Gasteiger partial charge in [-0.25, -0.2) is 0 Å². The average molecular weight is 253 g/mol. The Hall–Kier alpha value is -1.50. The minimum absolute atomic E-state index is 0.0504. The van der Waals surface area contributed by atoms with Crippen LogP contribution in [0.5, 0.6) is 0 Å². The Bertz CT molecular complexity index is 371. The molecule has 0 spiro atoms. The molecule has 0 aromatic carbocycles. The Kier molecular flexibility index (Phi) is 6.93. The van der Waals surface area contributed by atoms with Gasteiger partial charge in [-0.1, -0.05) is 6.07 Å². The van der Waals surface area contributed by atoms with E-state index in [-0.39, 0.29) is 5.84 Å². The van der Waals surface area contributed by atoms with Gasteiger partial charge >= 0.3 is 0 Å². The summed E-state index contributed by atoms with van der Waals surface area (Å²) in [6.07, 6.45) is 1.61. The SMILES string of the molecule is COCCOCCOCc1cccnc1C(=N)N. The van der Waals surface area contributed by atoms with E-state index in [1.807, 2.05) is 6.07 Å². The Morgan fingerprint density at radius 2 is 2.00 bits per heavy atom. The zero-order chi connectivity index (χ0) is 13.2. The monoisotopic (exact) mass is 253 g/mol. The summed E-state index contributed by atoms with van der Waals surface area (Å²) in [5.41, 5.74) is 6.70. The van der Waals surface area contributed by atoms with Gasteiger partial charge in [0.25, 0.3) is 0 Å². The van der Waals surface area contributed by atoms with Gasteiger partial charge in [0.05, 0.1) is 33.0 Å². The molecule has 3 N–H and O–H groups in total. The van der Waals surface area contributed by atoms with Gasteiger partial charge in [0, 0.05) is 18.9 Å². The highest BCUT2D eigenvalue weighted by molar-refractivity contribution is 5.94. The summed E-state index contributed by atoms with van der Waals surface area (Å²) in [7, 11) is 1.63. The van der Waals surface area contributed by atoms with Crippen LogP contribution in [0.4, 0.5) is 0 Å². The van der Waals surface area contributed by atoms with Crippen molar-refractivity contribution in [2.75, 3.05) is 33.5 Å². The summed E-state index contributed by atoms with van der Waals surface area (Å²) >= 11 is 0. The van der Waals surface area contributed by atoms with Gasteiger partial charge in [-0.2, -0.15) is 0 Å². The molecule has 6 heteroatoms. The number of amidine groups is 1. The third kappa shape index (κ3) is 5.22. The normalized spacial score (nSPS) is 10.5. The molecule has 0 unspecified atom stereocenters. The zero-order valence-electron chi connectivity index (χ0n) is 10.5. The van der Waals surface area contributed by atoms with Gasteiger partial charge in [0.1, 0.15) is 11.5 Å². The second-order valence-corrected chi connectivity index (χ2v) is 3.58. The Morgan fingerprint density at radius 1 is 1.28 bits per heavy atom. The maximum absolute atomic E-state index is 7.39. The lowest BCUT2D eigenvalue weighted by atomic mass is 10.2. The van der Waals surface area contributed by atoms with Gasteiger partial charge in [-0.15, -0.1) is 0 Å². The number of aromatic nitrogens is 1. The lowest BCUT2D eigenvalue weighted by molar-refractivity contribution is 0.0199. The fourth-order valence-electron chi connectivity index (χ4n) is 1.34. The van der Waals surface area contributed by atoms with Gasteiger partial charge < -0.3 is 19.9 Å². The van der Waals surface area contributed by atoms with E-state index in [4.69, 9.17) is 25.4 Å². The van der Waals surface area contributed by atoms with Crippen LogP contribution >= 0.6 is 0 Å². The predicted molar refractivity (Wildman–Crippen MR) is 67.6 cm³/mol. The van der Waals surface area contributed by atoms with Crippen molar-refractivity contribution in [2.24, 2.45) is 5.73 Å². The largest absolute Gasteiger partial charge is 0.382 e. The summed E-state index contributed by atoms with van der Waals surface area (Å²) < 4.78 is 15.5. The first-order valence-corrected chi connectivity index (χ1v) is 5.68. The standard InChI is InChI=1S/C12H19N3O3/c1-16-5-6-17-7-8-18-9-10-3-2-4-15-11(10)12(13)14/h2-4H,5-9H2,1H3,(H3,13,14). The van der Waals surface area contributed by atoms with Crippen molar-refractivity contribution in [3.05, 3.63) is 29.6 Å². The molecule has 0 aliphatic carbocycles. The van der Waals surface area contributed by atoms with Crippen molar-refractivity contribution >= 4 is 5.84 Å². The number of nitrogen functional groups attached to an aromatic ring is 1. The molecule has 0 amide bonds. The topological polar surface area (TPSA) is 90.5 Å². The van der Waals surface area contributed by atoms with Crippen LogP contribution in [0, 0.1) is 5.41 Å². The average Bonchev–Trinajstić information content (AvgIpc) is 2.38. The minimum atomic E-state index is -0.0504. The third-order valence-corrected chi connectivity index (χ3v) is 2.21. The quantitative estimate of drug-likeness (QED) is 0.381. The summed E-state index contributed by atoms with van der Waals surface area (Å²) in [4.78, 5) is 4.04. The second kappa shape index (κ2) is 8.57. The molecule has 0 saturated carbocycles. The van der Waals surface area contributed by atoms with Crippen LogP contribution < -0.4 is 5.73 Å². The van der Waals surface area contributed by atoms with Gasteiger partial charge in [0.15, 0.2) is 0 Å². The van der Waals surface area contributed by atoms with Gasteiger partial charge in [0.2, 0.25) is 0 Å². The van der Waals surface area contributed by atoms with Crippen LogP contribution in [-0.2, 0) is 20.8 Å². The number of hydrogen-bond donors (Lipinski definition) is 2. The van der Waals surface area contributed by atoms with Crippen LogP contribution in [0.3, 0.4) is 0 Å². The van der Waals surface area contributed by atoms with Crippen LogP contribution in [0.15, 0.2) is 18.3 Å². The first-order chi connectivity index (χ1) is 8.75. The van der Waals surface area contributed by atoms with Crippen molar-refractivity contribution in [1.82, 2.24) is 4.98 Å². The summed E-state index contributed by atoms with van der Waals surface area (Å²) in [5, 5.41) is 7.39. The molecule has 1 aromatic rings. The zero-order valence-corrected chi connectivity index (χ0v) is 10.5. The van der Waals surface area contributed by atoms with E-state index in [0.717, 1.165) is 5.56 Å². The van der Waals surface area contributed by atoms with Crippen molar-refractivity contribution in [3.63, 3.8) is 0 Å². The van der Waals surface area contributed by atoms with Crippen molar-refractivity contribution in [2.45, 2.75) is 6.61 Å². The number of ether oxygens (including phenoxy) is 3. The predicted octanol–water partition coefficient (Wildman–Crippen LogP) is 0.545. The van der Waals surface area contributed by atoms with E-state index < -0.39 is 0 Å². The van der Waals surface area contributed by atoms with E-state index in [2.05, 4.69) is 4.98 Å². The molecule has 0 saturated heterocycles. The lowest BCUT2D eigenvalue weighted by Crippen LogP contribution is -2.16. The van der Waals surface area contributed by atoms with Crippen molar-refractivity contribution in [1.29, 1.82) is 5.41 Å². The highest BCUT2D eigenvalue weighted by Gasteiger charge is 2.05. The summed E-state index contributed by atoms with van der Waals surface area (Å²) in [6, 6.07) is 3.63. The van der Waals surface area contributed by atoms with Crippen LogP contribution in [0.25, 0.3) is 0 Å². The summed E-state index contributed by atoms with van der Waals surface area (Å²) in [5.74, 6) is -0.0504. The van der Waals surface area contributed by atoms with E-state index in [9.17, 15) is 0 Å². The molecule has 0 aliphatic rings. The number of hydrogen-bond acceptors (Lipinski definition) is 5. The molecule has 100 valence electrons. The van der Waals surface area contributed by atoms with Gasteiger partial charge in [-0.05, 0) is 6.07 Å². The van der Waals surface area contributed by atoms with Crippen LogP contribution in [0.2, 0.25) is 0 Å². The van der Waals surface area contributed by atoms with Crippen LogP contribution in [0.1, 0.15) is 11.3 Å². The number of methoxy groups -OCH3 is 1. The Balaban J connectivity index is 2.25. The van der Waals surface area contributed by atoms with E-state index in [1.165, 1.54) is 0 Å². The molecule has 0 atom stereocenters. The molecule has 0 bridgehead atoms. The van der Waals surface area contributed by atoms with E-state index in [1.54, 1.807) is 19.4 Å². The maximum Gasteiger partial charge on any atom is 0.142 e. The van der Waals surface area contributed by atoms with Crippen LogP contribution in [-0.4, -0.2) is 44.4 Å². The fraction of sp³-hybridized carbons (Fsp3) is 0.500. The molecule has 0 radical (unpaired) electrons. The smallest absolute Gasteiger partial charge is 0.142 e. The number of rotatable bonds is 9. The molecule has 1 rings (SSSR count). The third-order valence-electron chi connectivity index (χ3n) is 2.21. The lowest BCUT2D eigenvalue weighted by Gasteiger charge is -2.08. The highest BCUT2D eigenvalue weighted by atomic mass is 16.5.